The van der Waals surface area contributed by atoms with Crippen molar-refractivity contribution in [1.29, 1.82) is 0 Å². The van der Waals surface area contributed by atoms with Crippen LogP contribution in [0.5, 0.6) is 0 Å². The maximum absolute atomic E-state index is 13.3. The minimum absolute atomic E-state index is 0.0281. The highest BCUT2D eigenvalue weighted by Crippen LogP contribution is 2.31. The molecule has 1 aromatic carbocycles. The normalized spacial score (nSPS) is 19.6. The highest BCUT2D eigenvalue weighted by Gasteiger charge is 2.29. The molecule has 144 valence electrons. The number of rotatable bonds is 3. The molecule has 2 atom stereocenters. The molecule has 5 nitrogen and oxygen atoms in total. The van der Waals surface area contributed by atoms with Crippen LogP contribution in [0.4, 0.5) is 10.2 Å². The molecule has 0 aliphatic carbocycles. The molecule has 4 rings (SSSR count). The number of halogens is 1. The molecule has 2 aromatic heterocycles. The van der Waals surface area contributed by atoms with Gasteiger partial charge in [-0.05, 0) is 50.6 Å². The van der Waals surface area contributed by atoms with Crippen LogP contribution in [0, 0.1) is 19.7 Å². The predicted octanol–water partition coefficient (Wildman–Crippen LogP) is 4.26. The summed E-state index contributed by atoms with van der Waals surface area (Å²) in [5.74, 6) is 1.34. The van der Waals surface area contributed by atoms with E-state index >= 15 is 0 Å². The molecule has 28 heavy (non-hydrogen) atoms. The van der Waals surface area contributed by atoms with Crippen molar-refractivity contribution in [1.82, 2.24) is 15.0 Å². The minimum Gasteiger partial charge on any atom is -0.367 e. The lowest BCUT2D eigenvalue weighted by Crippen LogP contribution is -2.43. The first-order valence-corrected chi connectivity index (χ1v) is 9.43. The van der Waals surface area contributed by atoms with Crippen LogP contribution in [-0.2, 0) is 4.74 Å². The van der Waals surface area contributed by atoms with Gasteiger partial charge in [-0.2, -0.15) is 0 Å². The lowest BCUT2D eigenvalue weighted by molar-refractivity contribution is -0.0176. The number of ether oxygens (including phenoxy) is 1. The van der Waals surface area contributed by atoms with E-state index < -0.39 is 0 Å². The Morgan fingerprint density at radius 3 is 2.57 bits per heavy atom. The van der Waals surface area contributed by atoms with Crippen LogP contribution >= 0.6 is 0 Å². The fourth-order valence-electron chi connectivity index (χ4n) is 3.53. The van der Waals surface area contributed by atoms with Gasteiger partial charge >= 0.3 is 0 Å². The smallest absolute Gasteiger partial charge is 0.163 e. The van der Waals surface area contributed by atoms with Gasteiger partial charge in [-0.3, -0.25) is 4.98 Å². The predicted molar refractivity (Wildman–Crippen MR) is 107 cm³/mol. The molecule has 3 heterocycles. The molecule has 0 spiro atoms. The Bertz CT molecular complexity index is 962. The van der Waals surface area contributed by atoms with E-state index in [1.54, 1.807) is 24.5 Å². The molecule has 6 heteroatoms. The molecule has 1 aliphatic rings. The van der Waals surface area contributed by atoms with Gasteiger partial charge in [-0.15, -0.1) is 0 Å². The molecule has 2 unspecified atom stereocenters. The fraction of sp³-hybridized carbons (Fsp3) is 0.318. The number of aromatic nitrogens is 3. The number of morpholine rings is 1. The van der Waals surface area contributed by atoms with E-state index in [-0.39, 0.29) is 18.0 Å². The fourth-order valence-corrected chi connectivity index (χ4v) is 3.53. The van der Waals surface area contributed by atoms with Crippen molar-refractivity contribution >= 4 is 5.82 Å². The van der Waals surface area contributed by atoms with Crippen LogP contribution in [0.2, 0.25) is 0 Å². The molecule has 0 radical (unpaired) electrons. The zero-order valence-electron chi connectivity index (χ0n) is 16.3. The van der Waals surface area contributed by atoms with Crippen molar-refractivity contribution in [2.45, 2.75) is 33.0 Å². The van der Waals surface area contributed by atoms with Crippen LogP contribution in [0.25, 0.3) is 11.4 Å². The molecule has 1 aliphatic heterocycles. The summed E-state index contributed by atoms with van der Waals surface area (Å²) < 4.78 is 19.4. The van der Waals surface area contributed by atoms with Crippen LogP contribution in [0.3, 0.4) is 0 Å². The van der Waals surface area contributed by atoms with Crippen molar-refractivity contribution in [3.05, 3.63) is 71.4 Å². The van der Waals surface area contributed by atoms with E-state index in [1.165, 1.54) is 12.1 Å². The quantitative estimate of drug-likeness (QED) is 0.682. The van der Waals surface area contributed by atoms with Crippen molar-refractivity contribution < 1.29 is 9.13 Å². The molecule has 0 N–H and O–H groups in total. The minimum atomic E-state index is -0.243. The van der Waals surface area contributed by atoms with Gasteiger partial charge in [0.1, 0.15) is 17.7 Å². The van der Waals surface area contributed by atoms with Crippen LogP contribution in [0.15, 0.2) is 48.8 Å². The van der Waals surface area contributed by atoms with Gasteiger partial charge < -0.3 is 9.64 Å². The molecule has 1 fully saturated rings. The van der Waals surface area contributed by atoms with Crippen molar-refractivity contribution in [2.24, 2.45) is 0 Å². The third-order valence-electron chi connectivity index (χ3n) is 5.08. The maximum Gasteiger partial charge on any atom is 0.163 e. The number of benzene rings is 1. The topological polar surface area (TPSA) is 51.1 Å². The Labute approximate surface area is 164 Å². The summed E-state index contributed by atoms with van der Waals surface area (Å²) in [7, 11) is 0. The first kappa shape index (κ1) is 18.5. The second-order valence-electron chi connectivity index (χ2n) is 7.21. The maximum atomic E-state index is 13.3. The van der Waals surface area contributed by atoms with Crippen LogP contribution < -0.4 is 4.90 Å². The summed E-state index contributed by atoms with van der Waals surface area (Å²) in [5.41, 5.74) is 3.86. The van der Waals surface area contributed by atoms with Gasteiger partial charge in [0.2, 0.25) is 0 Å². The van der Waals surface area contributed by atoms with Crippen LogP contribution in [-0.4, -0.2) is 34.1 Å². The second kappa shape index (κ2) is 7.64. The second-order valence-corrected chi connectivity index (χ2v) is 7.21. The van der Waals surface area contributed by atoms with E-state index in [2.05, 4.69) is 14.9 Å². The first-order valence-electron chi connectivity index (χ1n) is 9.43. The van der Waals surface area contributed by atoms with Crippen molar-refractivity contribution in [3.8, 4) is 11.4 Å². The van der Waals surface area contributed by atoms with Gasteiger partial charge in [0.15, 0.2) is 5.82 Å². The van der Waals surface area contributed by atoms with E-state index in [0.29, 0.717) is 12.4 Å². The summed E-state index contributed by atoms with van der Waals surface area (Å²) in [5, 5.41) is 0. The average molecular weight is 378 g/mol. The average Bonchev–Trinajstić information content (AvgIpc) is 2.70. The number of hydrogen-bond donors (Lipinski definition) is 0. The Kier molecular flexibility index (Phi) is 5.05. The third-order valence-corrected chi connectivity index (χ3v) is 5.08. The first-order chi connectivity index (χ1) is 13.5. The van der Waals surface area contributed by atoms with Crippen LogP contribution in [0.1, 0.15) is 29.8 Å². The van der Waals surface area contributed by atoms with E-state index in [4.69, 9.17) is 9.72 Å². The molecule has 0 saturated carbocycles. The largest absolute Gasteiger partial charge is 0.367 e. The highest BCUT2D eigenvalue weighted by atomic mass is 19.1. The lowest BCUT2D eigenvalue weighted by atomic mass is 10.1. The summed E-state index contributed by atoms with van der Waals surface area (Å²) in [6.07, 6.45) is 3.40. The highest BCUT2D eigenvalue weighted by molar-refractivity contribution is 5.59. The Hall–Kier alpha value is -2.86. The van der Waals surface area contributed by atoms with Gasteiger partial charge in [0.25, 0.3) is 0 Å². The Morgan fingerprint density at radius 1 is 1.07 bits per heavy atom. The zero-order chi connectivity index (χ0) is 19.7. The summed E-state index contributed by atoms with van der Waals surface area (Å²) in [6, 6.07) is 10.4. The van der Waals surface area contributed by atoms with E-state index in [9.17, 15) is 4.39 Å². The number of pyridine rings is 1. The Balaban J connectivity index is 1.69. The number of hydrogen-bond acceptors (Lipinski definition) is 5. The van der Waals surface area contributed by atoms with E-state index in [1.807, 2.05) is 32.9 Å². The lowest BCUT2D eigenvalue weighted by Gasteiger charge is -2.38. The van der Waals surface area contributed by atoms with E-state index in [0.717, 1.165) is 34.7 Å². The van der Waals surface area contributed by atoms with Gasteiger partial charge in [0.05, 0.1) is 6.10 Å². The Morgan fingerprint density at radius 2 is 1.86 bits per heavy atom. The van der Waals surface area contributed by atoms with Gasteiger partial charge in [0, 0.05) is 42.3 Å². The molecular formula is C22H23FN4O. The molecule has 0 amide bonds. The molecule has 1 saturated heterocycles. The summed E-state index contributed by atoms with van der Waals surface area (Å²) in [6.45, 7) is 7.49. The summed E-state index contributed by atoms with van der Waals surface area (Å²) in [4.78, 5) is 15.9. The molecular weight excluding hydrogens is 355 g/mol. The number of aryl methyl sites for hydroxylation is 1. The molecule has 3 aromatic rings. The third kappa shape index (κ3) is 3.73. The summed E-state index contributed by atoms with van der Waals surface area (Å²) >= 11 is 0. The monoisotopic (exact) mass is 378 g/mol. The number of anilines is 1. The molecule has 0 bridgehead atoms. The number of nitrogens with zero attached hydrogens (tertiary/aromatic N) is 4. The van der Waals surface area contributed by atoms with Gasteiger partial charge in [-0.25, -0.2) is 14.4 Å². The van der Waals surface area contributed by atoms with Crippen molar-refractivity contribution in [3.63, 3.8) is 0 Å². The standard InChI is InChI=1S/C22H23FN4O/c1-14-12-27(13-20(28-14)17-6-8-19(23)9-7-17)22-15(2)16(3)25-21(26-22)18-5-4-10-24-11-18/h4-11,14,20H,12-13H2,1-3H3. The van der Waals surface area contributed by atoms with Gasteiger partial charge in [-0.1, -0.05) is 12.1 Å². The SMILES string of the molecule is Cc1nc(-c2cccnc2)nc(N2CC(C)OC(c3ccc(F)cc3)C2)c1C. The zero-order valence-corrected chi connectivity index (χ0v) is 16.3. The van der Waals surface area contributed by atoms with Crippen molar-refractivity contribution in [2.75, 3.05) is 18.0 Å².